The van der Waals surface area contributed by atoms with Crippen molar-refractivity contribution in [3.8, 4) is 0 Å². The Morgan fingerprint density at radius 3 is 2.55 bits per heavy atom. The Labute approximate surface area is 65.5 Å². The van der Waals surface area contributed by atoms with Gasteiger partial charge in [-0.3, -0.25) is 4.79 Å². The van der Waals surface area contributed by atoms with Crippen molar-refractivity contribution in [2.45, 2.75) is 26.4 Å². The predicted octanol–water partition coefficient (Wildman–Crippen LogP) is 0.501. The van der Waals surface area contributed by atoms with Crippen LogP contribution in [0.1, 0.15) is 20.3 Å². The fourth-order valence-corrected chi connectivity index (χ4v) is 0.621. The van der Waals surface area contributed by atoms with E-state index in [-0.39, 0.29) is 6.47 Å². The summed E-state index contributed by atoms with van der Waals surface area (Å²) in [5.74, 6) is -0.484. The van der Waals surface area contributed by atoms with Crippen molar-refractivity contribution in [3.05, 3.63) is 0 Å². The van der Waals surface area contributed by atoms with E-state index >= 15 is 0 Å². The summed E-state index contributed by atoms with van der Waals surface area (Å²) < 4.78 is 9.07. The fourth-order valence-electron chi connectivity index (χ4n) is 0.621. The van der Waals surface area contributed by atoms with Crippen molar-refractivity contribution >= 4 is 12.4 Å². The molecule has 0 heterocycles. The van der Waals surface area contributed by atoms with Crippen LogP contribution in [-0.4, -0.2) is 25.2 Å². The molecular formula is C7H12O4. The molecule has 4 nitrogen and oxygen atoms in total. The highest BCUT2D eigenvalue weighted by Gasteiger charge is 2.17. The molecule has 1 atom stereocenters. The number of hydrogen-bond acceptors (Lipinski definition) is 4. The largest absolute Gasteiger partial charge is 0.463 e. The molecule has 0 bridgehead atoms. The number of ether oxygens (including phenoxy) is 2. The number of hydrogen-bond donors (Lipinski definition) is 0. The van der Waals surface area contributed by atoms with Crippen LogP contribution in [0.15, 0.2) is 0 Å². The molecule has 0 aliphatic carbocycles. The SMILES string of the molecule is CCOC(=O)C(CC)OC=O. The minimum atomic E-state index is -0.743. The van der Waals surface area contributed by atoms with Crippen molar-refractivity contribution < 1.29 is 19.1 Å². The van der Waals surface area contributed by atoms with Gasteiger partial charge in [-0.2, -0.15) is 0 Å². The number of carbonyl (C=O) groups is 2. The zero-order valence-electron chi connectivity index (χ0n) is 6.70. The van der Waals surface area contributed by atoms with Gasteiger partial charge >= 0.3 is 5.97 Å². The van der Waals surface area contributed by atoms with Crippen LogP contribution >= 0.6 is 0 Å². The lowest BCUT2D eigenvalue weighted by molar-refractivity contribution is -0.161. The molecular weight excluding hydrogens is 148 g/mol. The van der Waals surface area contributed by atoms with Gasteiger partial charge < -0.3 is 9.47 Å². The van der Waals surface area contributed by atoms with Gasteiger partial charge in [-0.25, -0.2) is 4.79 Å². The summed E-state index contributed by atoms with van der Waals surface area (Å²) in [4.78, 5) is 20.7. The van der Waals surface area contributed by atoms with E-state index in [2.05, 4.69) is 9.47 Å². The monoisotopic (exact) mass is 160 g/mol. The van der Waals surface area contributed by atoms with E-state index in [0.29, 0.717) is 13.0 Å². The lowest BCUT2D eigenvalue weighted by Gasteiger charge is -2.10. The van der Waals surface area contributed by atoms with E-state index in [1.165, 1.54) is 0 Å². The molecule has 0 saturated heterocycles. The first kappa shape index (κ1) is 9.94. The van der Waals surface area contributed by atoms with Crippen LogP contribution in [0, 0.1) is 0 Å². The third-order valence-electron chi connectivity index (χ3n) is 1.14. The molecule has 0 saturated carbocycles. The van der Waals surface area contributed by atoms with Gasteiger partial charge in [0.25, 0.3) is 6.47 Å². The van der Waals surface area contributed by atoms with E-state index < -0.39 is 12.1 Å². The van der Waals surface area contributed by atoms with Gasteiger partial charge in [-0.05, 0) is 13.3 Å². The molecule has 0 rings (SSSR count). The van der Waals surface area contributed by atoms with E-state index in [9.17, 15) is 9.59 Å². The minimum absolute atomic E-state index is 0.255. The lowest BCUT2D eigenvalue weighted by atomic mass is 10.3. The molecule has 0 fully saturated rings. The molecule has 0 aromatic heterocycles. The van der Waals surface area contributed by atoms with Crippen LogP contribution in [-0.2, 0) is 19.1 Å². The average molecular weight is 160 g/mol. The van der Waals surface area contributed by atoms with E-state index in [1.54, 1.807) is 13.8 Å². The predicted molar refractivity (Wildman–Crippen MR) is 37.9 cm³/mol. The number of rotatable bonds is 5. The van der Waals surface area contributed by atoms with Gasteiger partial charge in [-0.1, -0.05) is 6.92 Å². The third kappa shape index (κ3) is 3.60. The van der Waals surface area contributed by atoms with Crippen LogP contribution in [0.25, 0.3) is 0 Å². The molecule has 0 radical (unpaired) electrons. The summed E-state index contributed by atoms with van der Waals surface area (Å²) in [6.45, 7) is 4.00. The smallest absolute Gasteiger partial charge is 0.347 e. The maximum absolute atomic E-state index is 10.9. The highest BCUT2D eigenvalue weighted by atomic mass is 16.6. The number of esters is 1. The Morgan fingerprint density at radius 1 is 1.55 bits per heavy atom. The summed E-state index contributed by atoms with van der Waals surface area (Å²) in [5.41, 5.74) is 0. The van der Waals surface area contributed by atoms with E-state index in [4.69, 9.17) is 0 Å². The van der Waals surface area contributed by atoms with Crippen molar-refractivity contribution in [1.82, 2.24) is 0 Å². The summed E-state index contributed by atoms with van der Waals surface area (Å²) in [6, 6.07) is 0. The van der Waals surface area contributed by atoms with Crippen LogP contribution in [0.3, 0.4) is 0 Å². The summed E-state index contributed by atoms with van der Waals surface area (Å²) in [7, 11) is 0. The first-order valence-corrected chi connectivity index (χ1v) is 3.52. The van der Waals surface area contributed by atoms with Crippen molar-refractivity contribution in [1.29, 1.82) is 0 Å². The molecule has 0 aliphatic rings. The normalized spacial score (nSPS) is 11.8. The van der Waals surface area contributed by atoms with Gasteiger partial charge in [0, 0.05) is 0 Å². The molecule has 0 aromatic carbocycles. The maximum atomic E-state index is 10.9. The summed E-state index contributed by atoms with van der Waals surface area (Å²) in [6.07, 6.45) is -0.301. The van der Waals surface area contributed by atoms with E-state index in [0.717, 1.165) is 0 Å². The van der Waals surface area contributed by atoms with Crippen molar-refractivity contribution in [2.75, 3.05) is 6.61 Å². The van der Waals surface area contributed by atoms with Crippen LogP contribution in [0.4, 0.5) is 0 Å². The molecule has 64 valence electrons. The van der Waals surface area contributed by atoms with Crippen LogP contribution in [0.2, 0.25) is 0 Å². The molecule has 0 N–H and O–H groups in total. The Hall–Kier alpha value is -1.06. The first-order chi connectivity index (χ1) is 5.26. The van der Waals surface area contributed by atoms with Gasteiger partial charge in [0.15, 0.2) is 6.10 Å². The molecule has 1 unspecified atom stereocenters. The maximum Gasteiger partial charge on any atom is 0.347 e. The Kier molecular flexibility index (Phi) is 5.15. The zero-order chi connectivity index (χ0) is 8.69. The summed E-state index contributed by atoms with van der Waals surface area (Å²) in [5, 5.41) is 0. The molecule has 11 heavy (non-hydrogen) atoms. The Bertz CT molecular complexity index is 132. The number of carbonyl (C=O) groups excluding carboxylic acids is 2. The second kappa shape index (κ2) is 5.70. The van der Waals surface area contributed by atoms with Gasteiger partial charge in [0.2, 0.25) is 0 Å². The molecule has 0 aliphatic heterocycles. The third-order valence-corrected chi connectivity index (χ3v) is 1.14. The Morgan fingerprint density at radius 2 is 2.18 bits per heavy atom. The van der Waals surface area contributed by atoms with Gasteiger partial charge in [0.05, 0.1) is 6.61 Å². The molecule has 0 amide bonds. The minimum Gasteiger partial charge on any atom is -0.463 e. The summed E-state index contributed by atoms with van der Waals surface area (Å²) >= 11 is 0. The highest BCUT2D eigenvalue weighted by molar-refractivity contribution is 5.75. The topological polar surface area (TPSA) is 52.6 Å². The van der Waals surface area contributed by atoms with Crippen LogP contribution in [0.5, 0.6) is 0 Å². The van der Waals surface area contributed by atoms with E-state index in [1.807, 2.05) is 0 Å². The molecule has 0 aromatic rings. The standard InChI is InChI=1S/C7H12O4/c1-3-6(11-5-8)7(9)10-4-2/h5-6H,3-4H2,1-2H3. The quantitative estimate of drug-likeness (QED) is 0.434. The van der Waals surface area contributed by atoms with Gasteiger partial charge in [0.1, 0.15) is 0 Å². The van der Waals surface area contributed by atoms with Crippen molar-refractivity contribution in [2.24, 2.45) is 0 Å². The van der Waals surface area contributed by atoms with Crippen molar-refractivity contribution in [3.63, 3.8) is 0 Å². The first-order valence-electron chi connectivity index (χ1n) is 3.52. The lowest BCUT2D eigenvalue weighted by Crippen LogP contribution is -2.25. The Balaban J connectivity index is 3.80. The van der Waals surface area contributed by atoms with Crippen LogP contribution < -0.4 is 0 Å². The zero-order valence-corrected chi connectivity index (χ0v) is 6.70. The second-order valence-corrected chi connectivity index (χ2v) is 1.88. The molecule has 0 spiro atoms. The van der Waals surface area contributed by atoms with Gasteiger partial charge in [-0.15, -0.1) is 0 Å². The highest BCUT2D eigenvalue weighted by Crippen LogP contribution is 1.98. The second-order valence-electron chi connectivity index (χ2n) is 1.88. The fraction of sp³-hybridized carbons (Fsp3) is 0.714. The average Bonchev–Trinajstić information content (AvgIpc) is 2.00. The molecule has 4 heteroatoms.